The molecule has 2 heterocycles. The molecule has 0 aromatic heterocycles. The van der Waals surface area contributed by atoms with Crippen molar-refractivity contribution in [3.63, 3.8) is 0 Å². The molecule has 6 unspecified atom stereocenters. The highest BCUT2D eigenvalue weighted by Crippen LogP contribution is 2.47. The molecule has 250 valence electrons. The number of fused-ring (bicyclic) bond motifs is 2. The molecule has 2 saturated carbocycles. The zero-order chi connectivity index (χ0) is 32.1. The van der Waals surface area contributed by atoms with Crippen molar-refractivity contribution in [2.45, 2.75) is 119 Å². The number of carbonyl (C=O) groups is 1. The molecule has 0 spiro atoms. The van der Waals surface area contributed by atoms with Crippen molar-refractivity contribution in [2.75, 3.05) is 24.6 Å². The molecule has 1 saturated heterocycles. The Balaban J connectivity index is 1.55. The summed E-state index contributed by atoms with van der Waals surface area (Å²) in [6.45, 7) is 4.63. The molecule has 9 nitrogen and oxygen atoms in total. The van der Waals surface area contributed by atoms with Crippen LogP contribution in [0.2, 0.25) is 0 Å². The van der Waals surface area contributed by atoms with Crippen LogP contribution < -0.4 is 4.72 Å². The van der Waals surface area contributed by atoms with Gasteiger partial charge in [-0.25, -0.2) is 21.8 Å². The molecule has 2 N–H and O–H groups in total. The second kappa shape index (κ2) is 15.6. The zero-order valence-electron chi connectivity index (χ0n) is 25.5. The molecule has 2 aliphatic carbocycles. The monoisotopic (exact) mass is 698 g/mol. The van der Waals surface area contributed by atoms with E-state index in [0.717, 1.165) is 34.9 Å². The lowest BCUT2D eigenvalue weighted by atomic mass is 9.92. The number of nitrogens with one attached hydrogen (secondary N) is 1. The number of nitrogens with zero attached hydrogens (tertiary/aromatic N) is 2. The number of unbranched alkanes of at least 4 members (excludes halogenated alkanes) is 1. The number of hydrogen-bond acceptors (Lipinski definition) is 8. The first-order valence-corrected chi connectivity index (χ1v) is 20.7. The highest BCUT2D eigenvalue weighted by atomic mass is 32.2. The fourth-order valence-electron chi connectivity index (χ4n) is 6.46. The van der Waals surface area contributed by atoms with E-state index in [-0.39, 0.29) is 40.5 Å². The maximum atomic E-state index is 14.5. The molecule has 0 aromatic rings. The number of hydrogen-bond donors (Lipinski definition) is 2. The van der Waals surface area contributed by atoms with Gasteiger partial charge in [-0.15, -0.1) is 11.8 Å². The fraction of sp³-hybridized carbons (Fsp3) is 0.793. The van der Waals surface area contributed by atoms with Crippen LogP contribution in [0, 0.1) is 0 Å². The van der Waals surface area contributed by atoms with Gasteiger partial charge in [-0.05, 0) is 81.7 Å². The first-order valence-electron chi connectivity index (χ1n) is 15.7. The lowest BCUT2D eigenvalue weighted by Crippen LogP contribution is -2.40. The van der Waals surface area contributed by atoms with Crippen molar-refractivity contribution >= 4 is 54.6 Å². The largest absolute Gasteiger partial charge is 0.362 e. The van der Waals surface area contributed by atoms with Gasteiger partial charge in [0.1, 0.15) is 18.9 Å². The lowest BCUT2D eigenvalue weighted by molar-refractivity contribution is -0.563. The first-order chi connectivity index (χ1) is 20.8. The van der Waals surface area contributed by atoms with Crippen LogP contribution in [0.25, 0.3) is 0 Å². The van der Waals surface area contributed by atoms with Gasteiger partial charge in [0, 0.05) is 43.2 Å². The summed E-state index contributed by atoms with van der Waals surface area (Å²) in [5.74, 6) is -1.00. The average molecular weight is 699 g/mol. The highest BCUT2D eigenvalue weighted by Gasteiger charge is 2.46. The van der Waals surface area contributed by atoms with Crippen LogP contribution in [0.4, 0.5) is 8.78 Å². The van der Waals surface area contributed by atoms with Crippen molar-refractivity contribution in [3.8, 4) is 0 Å². The van der Waals surface area contributed by atoms with Gasteiger partial charge in [0.2, 0.25) is 21.0 Å². The van der Waals surface area contributed by atoms with Gasteiger partial charge in [0.05, 0.1) is 21.8 Å². The van der Waals surface area contributed by atoms with E-state index in [4.69, 9.17) is 4.55 Å². The number of thioether (sulfide) groups is 2. The Kier molecular flexibility index (Phi) is 12.7. The van der Waals surface area contributed by atoms with Crippen LogP contribution >= 0.6 is 23.5 Å². The van der Waals surface area contributed by atoms with Crippen LogP contribution in [0.5, 0.6) is 0 Å². The summed E-state index contributed by atoms with van der Waals surface area (Å²) >= 11 is 3.50. The Morgan fingerprint density at radius 2 is 1.73 bits per heavy atom. The summed E-state index contributed by atoms with van der Waals surface area (Å²) in [5, 5.41) is 2.58. The summed E-state index contributed by atoms with van der Waals surface area (Å²) in [7, 11) is -7.65. The highest BCUT2D eigenvalue weighted by molar-refractivity contribution is 8.14. The molecule has 3 fully saturated rings. The Bertz CT molecular complexity index is 1350. The number of amides is 1. The first kappa shape index (κ1) is 35.7. The van der Waals surface area contributed by atoms with Crippen LogP contribution in [0.3, 0.4) is 0 Å². The predicted molar refractivity (Wildman–Crippen MR) is 174 cm³/mol. The summed E-state index contributed by atoms with van der Waals surface area (Å²) in [6.07, 6.45) is 8.15. The Hall–Kier alpha value is -1.16. The predicted octanol–water partition coefficient (Wildman–Crippen LogP) is 4.80. The van der Waals surface area contributed by atoms with Gasteiger partial charge >= 0.3 is 0 Å². The van der Waals surface area contributed by atoms with E-state index >= 15 is 0 Å². The Morgan fingerprint density at radius 1 is 1.02 bits per heavy atom. The van der Waals surface area contributed by atoms with Gasteiger partial charge in [-0.3, -0.25) is 14.1 Å². The third kappa shape index (κ3) is 9.92. The number of alkyl halides is 2. The van der Waals surface area contributed by atoms with E-state index in [0.29, 0.717) is 58.0 Å². The second-order valence-corrected chi connectivity index (χ2v) is 18.2. The SMILES string of the molecule is CCC(=C/C1=[N+](CCCC(=O)NS(=O)(=O)CC)C2CC(F)CCC2S1)/C=C1\SC2CCC(F)CC2N1CCCCS(=O)(=O)O. The minimum absolute atomic E-state index is 0.00714. The molecular formula is C29H46F2N3O6S4+. The quantitative estimate of drug-likeness (QED) is 0.150. The number of carbonyl (C=O) groups excluding carboxylic acids is 1. The summed E-state index contributed by atoms with van der Waals surface area (Å²) in [5.41, 5.74) is 1.07. The number of allylic oxidation sites excluding steroid dienone is 2. The van der Waals surface area contributed by atoms with E-state index in [1.165, 1.54) is 6.92 Å². The third-order valence-electron chi connectivity index (χ3n) is 8.82. The summed E-state index contributed by atoms with van der Waals surface area (Å²) in [6, 6.07) is 0.0450. The van der Waals surface area contributed by atoms with Gasteiger partial charge in [0.25, 0.3) is 10.1 Å². The molecule has 44 heavy (non-hydrogen) atoms. The normalized spacial score (nSPS) is 30.5. The summed E-state index contributed by atoms with van der Waals surface area (Å²) < 4.78 is 88.4. The summed E-state index contributed by atoms with van der Waals surface area (Å²) in [4.78, 5) is 14.5. The molecule has 0 bridgehead atoms. The topological polar surface area (TPSA) is 124 Å². The maximum Gasteiger partial charge on any atom is 0.264 e. The number of halogens is 2. The van der Waals surface area contributed by atoms with Crippen molar-refractivity contribution in [2.24, 2.45) is 0 Å². The lowest BCUT2D eigenvalue weighted by Gasteiger charge is -2.33. The minimum atomic E-state index is -4.03. The Morgan fingerprint density at radius 3 is 2.41 bits per heavy atom. The average Bonchev–Trinajstić information content (AvgIpc) is 3.46. The standard InChI is InChI=1S/C29H45F2N3O6S4/c1-3-20(16-28-33(13-5-6-15-44(38,39)40)23-18-21(30)9-11-25(23)41-28)17-29-34(24-19-22(31)10-12-26(24)42-29)14-7-8-27(35)32-43(36,37)4-2/h16-17,21-26H,3-15,18-19H2,1-2H3,(H-,32,35,38,39,40)/p+1. The smallest absolute Gasteiger partial charge is 0.264 e. The molecular weight excluding hydrogens is 653 g/mol. The molecule has 0 aromatic carbocycles. The zero-order valence-corrected chi connectivity index (χ0v) is 28.8. The Labute approximate surface area is 269 Å². The molecule has 4 aliphatic rings. The van der Waals surface area contributed by atoms with E-state index in [2.05, 4.69) is 33.3 Å². The molecule has 2 aliphatic heterocycles. The van der Waals surface area contributed by atoms with Crippen molar-refractivity contribution < 1.29 is 39.5 Å². The molecule has 15 heteroatoms. The third-order valence-corrected chi connectivity index (χ3v) is 13.8. The van der Waals surface area contributed by atoms with Crippen molar-refractivity contribution in [1.82, 2.24) is 9.62 Å². The fourth-order valence-corrected chi connectivity index (χ4v) is 10.7. The van der Waals surface area contributed by atoms with Crippen molar-refractivity contribution in [1.29, 1.82) is 0 Å². The molecule has 6 atom stereocenters. The second-order valence-electron chi connectivity index (χ2n) is 12.1. The van der Waals surface area contributed by atoms with Gasteiger partial charge < -0.3 is 4.90 Å². The molecule has 4 rings (SSSR count). The van der Waals surface area contributed by atoms with Crippen molar-refractivity contribution in [3.05, 3.63) is 22.8 Å². The van der Waals surface area contributed by atoms with Crippen LogP contribution in [0.15, 0.2) is 22.8 Å². The van der Waals surface area contributed by atoms with E-state index in [1.807, 2.05) is 0 Å². The van der Waals surface area contributed by atoms with E-state index in [1.54, 1.807) is 23.5 Å². The van der Waals surface area contributed by atoms with Crippen LogP contribution in [0.1, 0.15) is 84.5 Å². The van der Waals surface area contributed by atoms with Crippen LogP contribution in [-0.4, -0.2) is 101 Å². The molecule has 1 amide bonds. The van der Waals surface area contributed by atoms with Crippen LogP contribution in [-0.2, 0) is 24.9 Å². The number of rotatable bonds is 14. The number of sulfonamides is 1. The minimum Gasteiger partial charge on any atom is -0.362 e. The van der Waals surface area contributed by atoms with Gasteiger partial charge in [0.15, 0.2) is 6.04 Å². The van der Waals surface area contributed by atoms with E-state index < -0.39 is 38.4 Å². The van der Waals surface area contributed by atoms with E-state index in [9.17, 15) is 30.4 Å². The van der Waals surface area contributed by atoms with Gasteiger partial charge in [-0.1, -0.05) is 6.92 Å². The molecule has 0 radical (unpaired) electrons. The maximum absolute atomic E-state index is 14.5. The van der Waals surface area contributed by atoms with Gasteiger partial charge in [-0.2, -0.15) is 8.42 Å².